The molecule has 0 saturated heterocycles. The number of rotatable bonds is 8. The lowest BCUT2D eigenvalue weighted by Gasteiger charge is -2.06. The molecule has 4 heteroatoms. The number of carbonyl (C=O) groups excluding carboxylic acids is 1. The summed E-state index contributed by atoms with van der Waals surface area (Å²) in [4.78, 5) is 10.6. The average Bonchev–Trinajstić information content (AvgIpc) is 2.01. The SMILES string of the molecule is CC(=O)CCSSCCNC(C)C. The number of nitrogens with one attached hydrogen (secondary N) is 1. The van der Waals surface area contributed by atoms with E-state index in [9.17, 15) is 4.79 Å². The minimum Gasteiger partial charge on any atom is -0.314 e. The number of hydrogen-bond donors (Lipinski definition) is 1. The Morgan fingerprint density at radius 2 is 1.92 bits per heavy atom. The molecule has 13 heavy (non-hydrogen) atoms. The molecular formula is C9H19NOS2. The molecule has 0 aliphatic rings. The van der Waals surface area contributed by atoms with Crippen LogP contribution in [-0.2, 0) is 4.79 Å². The predicted octanol–water partition coefficient (Wildman–Crippen LogP) is 2.34. The Balaban J connectivity index is 2.96. The summed E-state index contributed by atoms with van der Waals surface area (Å²) in [6, 6.07) is 0.572. The summed E-state index contributed by atoms with van der Waals surface area (Å²) < 4.78 is 0. The third kappa shape index (κ3) is 12.3. The van der Waals surface area contributed by atoms with Gasteiger partial charge in [0.15, 0.2) is 0 Å². The van der Waals surface area contributed by atoms with Crippen molar-refractivity contribution in [1.82, 2.24) is 5.32 Å². The lowest BCUT2D eigenvalue weighted by Crippen LogP contribution is -2.24. The molecule has 0 amide bonds. The number of ketones is 1. The van der Waals surface area contributed by atoms with Crippen LogP contribution in [0.15, 0.2) is 0 Å². The molecule has 0 radical (unpaired) electrons. The van der Waals surface area contributed by atoms with E-state index in [1.807, 2.05) is 10.8 Å². The Kier molecular flexibility index (Phi) is 9.13. The molecule has 0 aliphatic carbocycles. The van der Waals surface area contributed by atoms with Crippen LogP contribution in [0.3, 0.4) is 0 Å². The van der Waals surface area contributed by atoms with Gasteiger partial charge >= 0.3 is 0 Å². The Morgan fingerprint density at radius 1 is 1.31 bits per heavy atom. The van der Waals surface area contributed by atoms with E-state index >= 15 is 0 Å². The first kappa shape index (κ1) is 13.3. The maximum Gasteiger partial charge on any atom is 0.130 e. The summed E-state index contributed by atoms with van der Waals surface area (Å²) in [6.45, 7) is 6.99. The van der Waals surface area contributed by atoms with Gasteiger partial charge in [0.05, 0.1) is 0 Å². The smallest absolute Gasteiger partial charge is 0.130 e. The van der Waals surface area contributed by atoms with E-state index < -0.39 is 0 Å². The standard InChI is InChI=1S/C9H19NOS2/c1-8(2)10-5-7-13-12-6-4-9(3)11/h8,10H,4-7H2,1-3H3. The molecule has 0 aliphatic heterocycles. The maximum atomic E-state index is 10.6. The Hall–Kier alpha value is 0.330. The molecule has 2 nitrogen and oxygen atoms in total. The summed E-state index contributed by atoms with van der Waals surface area (Å²) in [5.74, 6) is 2.34. The molecule has 0 saturated carbocycles. The first-order valence-corrected chi connectivity index (χ1v) is 7.09. The zero-order valence-corrected chi connectivity index (χ0v) is 10.3. The minimum atomic E-state index is 0.286. The van der Waals surface area contributed by atoms with Crippen molar-refractivity contribution >= 4 is 27.4 Å². The predicted molar refractivity (Wildman–Crippen MR) is 63.4 cm³/mol. The second-order valence-electron chi connectivity index (χ2n) is 3.20. The van der Waals surface area contributed by atoms with Gasteiger partial charge in [-0.25, -0.2) is 0 Å². The summed E-state index contributed by atoms with van der Waals surface area (Å²) in [5.41, 5.74) is 0. The van der Waals surface area contributed by atoms with Crippen LogP contribution in [0.25, 0.3) is 0 Å². The van der Waals surface area contributed by atoms with Gasteiger partial charge in [-0.15, -0.1) is 0 Å². The number of carbonyl (C=O) groups is 1. The molecule has 0 spiro atoms. The van der Waals surface area contributed by atoms with Crippen molar-refractivity contribution in [2.45, 2.75) is 33.2 Å². The van der Waals surface area contributed by atoms with Gasteiger partial charge in [0.25, 0.3) is 0 Å². The van der Waals surface area contributed by atoms with Gasteiger partial charge in [0.2, 0.25) is 0 Å². The van der Waals surface area contributed by atoms with Gasteiger partial charge in [-0.3, -0.25) is 4.79 Å². The lowest BCUT2D eigenvalue weighted by molar-refractivity contribution is -0.116. The Labute approximate surface area is 89.0 Å². The van der Waals surface area contributed by atoms with Gasteiger partial charge < -0.3 is 5.32 Å². The van der Waals surface area contributed by atoms with Crippen LogP contribution in [0.1, 0.15) is 27.2 Å². The van der Waals surface area contributed by atoms with Gasteiger partial charge in [0.1, 0.15) is 5.78 Å². The molecule has 0 heterocycles. The highest BCUT2D eigenvalue weighted by Gasteiger charge is 1.95. The van der Waals surface area contributed by atoms with Crippen molar-refractivity contribution in [2.24, 2.45) is 0 Å². The largest absolute Gasteiger partial charge is 0.314 e. The van der Waals surface area contributed by atoms with E-state index in [0.29, 0.717) is 12.5 Å². The van der Waals surface area contributed by atoms with E-state index in [1.165, 1.54) is 0 Å². The summed E-state index contributed by atoms with van der Waals surface area (Å²) in [7, 11) is 3.63. The van der Waals surface area contributed by atoms with Crippen LogP contribution in [0.2, 0.25) is 0 Å². The van der Waals surface area contributed by atoms with E-state index in [1.54, 1.807) is 17.7 Å². The monoisotopic (exact) mass is 221 g/mol. The van der Waals surface area contributed by atoms with Crippen LogP contribution in [0.4, 0.5) is 0 Å². The van der Waals surface area contributed by atoms with Crippen molar-refractivity contribution < 1.29 is 4.79 Å². The minimum absolute atomic E-state index is 0.286. The number of hydrogen-bond acceptors (Lipinski definition) is 4. The molecule has 0 fully saturated rings. The molecule has 0 bridgehead atoms. The summed E-state index contributed by atoms with van der Waals surface area (Å²) in [6.07, 6.45) is 0.704. The fourth-order valence-electron chi connectivity index (χ4n) is 0.693. The first-order valence-electron chi connectivity index (χ1n) is 4.60. The van der Waals surface area contributed by atoms with Crippen molar-refractivity contribution in [3.63, 3.8) is 0 Å². The molecule has 0 unspecified atom stereocenters. The molecule has 1 N–H and O–H groups in total. The second-order valence-corrected chi connectivity index (χ2v) is 5.91. The molecule has 0 aromatic carbocycles. The van der Waals surface area contributed by atoms with E-state index in [0.717, 1.165) is 18.1 Å². The second kappa shape index (κ2) is 8.91. The fourth-order valence-corrected chi connectivity index (χ4v) is 2.71. The maximum absolute atomic E-state index is 10.6. The highest BCUT2D eigenvalue weighted by atomic mass is 33.1. The van der Waals surface area contributed by atoms with Crippen molar-refractivity contribution in [2.75, 3.05) is 18.1 Å². The highest BCUT2D eigenvalue weighted by molar-refractivity contribution is 8.76. The van der Waals surface area contributed by atoms with Crippen LogP contribution in [-0.4, -0.2) is 29.9 Å². The van der Waals surface area contributed by atoms with Crippen LogP contribution < -0.4 is 5.32 Å². The zero-order valence-electron chi connectivity index (χ0n) is 8.63. The third-order valence-electron chi connectivity index (χ3n) is 1.36. The van der Waals surface area contributed by atoms with Crippen molar-refractivity contribution in [1.29, 1.82) is 0 Å². The fraction of sp³-hybridized carbons (Fsp3) is 0.889. The van der Waals surface area contributed by atoms with Gasteiger partial charge in [-0.1, -0.05) is 35.4 Å². The van der Waals surface area contributed by atoms with Crippen LogP contribution in [0, 0.1) is 0 Å². The molecule has 0 aromatic rings. The molecule has 0 atom stereocenters. The Bertz CT molecular complexity index is 140. The number of Topliss-reactive ketones (excluding diaryl/α,β-unsaturated/α-hetero) is 1. The first-order chi connectivity index (χ1) is 6.13. The lowest BCUT2D eigenvalue weighted by atomic mass is 10.4. The van der Waals surface area contributed by atoms with Gasteiger partial charge in [-0.2, -0.15) is 0 Å². The topological polar surface area (TPSA) is 29.1 Å². The van der Waals surface area contributed by atoms with Crippen LogP contribution in [0.5, 0.6) is 0 Å². The molecule has 78 valence electrons. The highest BCUT2D eigenvalue weighted by Crippen LogP contribution is 2.20. The van der Waals surface area contributed by atoms with Crippen molar-refractivity contribution in [3.8, 4) is 0 Å². The van der Waals surface area contributed by atoms with E-state index in [-0.39, 0.29) is 5.78 Å². The zero-order chi connectivity index (χ0) is 10.1. The van der Waals surface area contributed by atoms with E-state index in [4.69, 9.17) is 0 Å². The molecule has 0 rings (SSSR count). The normalized spacial score (nSPS) is 10.8. The summed E-state index contributed by atoms with van der Waals surface area (Å²) >= 11 is 0. The van der Waals surface area contributed by atoms with Gasteiger partial charge in [-0.05, 0) is 6.92 Å². The van der Waals surface area contributed by atoms with Crippen molar-refractivity contribution in [3.05, 3.63) is 0 Å². The molecular weight excluding hydrogens is 202 g/mol. The van der Waals surface area contributed by atoms with Crippen LogP contribution >= 0.6 is 21.6 Å². The average molecular weight is 221 g/mol. The summed E-state index contributed by atoms with van der Waals surface area (Å²) in [5, 5.41) is 3.34. The Morgan fingerprint density at radius 3 is 2.46 bits per heavy atom. The van der Waals surface area contributed by atoms with Gasteiger partial charge in [0, 0.05) is 30.5 Å². The quantitative estimate of drug-likeness (QED) is 0.503. The van der Waals surface area contributed by atoms with E-state index in [2.05, 4.69) is 19.2 Å². The molecule has 0 aromatic heterocycles. The third-order valence-corrected chi connectivity index (χ3v) is 3.77.